The van der Waals surface area contributed by atoms with Crippen LogP contribution in [0.5, 0.6) is 0 Å². The molecule has 0 saturated carbocycles. The van der Waals surface area contributed by atoms with Crippen molar-refractivity contribution in [1.82, 2.24) is 0 Å². The maximum absolute atomic E-state index is 7.81. The summed E-state index contributed by atoms with van der Waals surface area (Å²) in [4.78, 5) is 0. The molecular weight excluding hydrogens is 152 g/mol. The number of rotatable bonds is 1. The average molecular weight is 158 g/mol. The predicted molar refractivity (Wildman–Crippen MR) is 29.3 cm³/mol. The van der Waals surface area contributed by atoms with Crippen LogP contribution in [0.15, 0.2) is 0 Å². The molecular formula is C3H6NNaSe. The summed E-state index contributed by atoms with van der Waals surface area (Å²) >= 11 is 2.36. The third-order valence-electron chi connectivity index (χ3n) is 0.224. The van der Waals surface area contributed by atoms with Gasteiger partial charge < -0.3 is 0 Å². The Kier molecular flexibility index (Phi) is 15.8. The first-order valence-electron chi connectivity index (χ1n) is 1.39. The van der Waals surface area contributed by atoms with Crippen molar-refractivity contribution in [3.63, 3.8) is 0 Å². The molecule has 3 heteroatoms. The molecule has 0 amide bonds. The van der Waals surface area contributed by atoms with E-state index < -0.39 is 0 Å². The van der Waals surface area contributed by atoms with Gasteiger partial charge in [-0.2, -0.15) is 0 Å². The van der Waals surface area contributed by atoms with Crippen molar-refractivity contribution in [3.8, 4) is 6.07 Å². The Morgan fingerprint density at radius 2 is 2.17 bits per heavy atom. The van der Waals surface area contributed by atoms with E-state index in [1.165, 1.54) is 0 Å². The molecule has 0 N–H and O–H groups in total. The zero-order chi connectivity index (χ0) is 4.12. The Morgan fingerprint density at radius 1 is 1.67 bits per heavy atom. The van der Waals surface area contributed by atoms with E-state index in [1.807, 2.05) is 6.07 Å². The van der Waals surface area contributed by atoms with Crippen LogP contribution in [0.3, 0.4) is 0 Å². The fraction of sp³-hybridized carbons (Fsp3) is 0.667. The molecule has 0 aliphatic rings. The standard InChI is InChI=1S/C3H5NSe.Na.H/c4-2-1-3-5;;/h5H,1,3H2;;. The topological polar surface area (TPSA) is 23.8 Å². The molecule has 0 saturated heterocycles. The molecule has 0 heterocycles. The minimum absolute atomic E-state index is 0. The molecule has 0 radical (unpaired) electrons. The second kappa shape index (κ2) is 9.38. The van der Waals surface area contributed by atoms with E-state index in [-0.39, 0.29) is 29.6 Å². The van der Waals surface area contributed by atoms with Gasteiger partial charge in [-0.1, -0.05) is 0 Å². The Balaban J connectivity index is 0. The van der Waals surface area contributed by atoms with Crippen LogP contribution in [0.2, 0.25) is 5.32 Å². The molecule has 0 unspecified atom stereocenters. The van der Waals surface area contributed by atoms with Crippen LogP contribution in [0.4, 0.5) is 0 Å². The van der Waals surface area contributed by atoms with Gasteiger partial charge in [-0.05, 0) is 0 Å². The van der Waals surface area contributed by atoms with Crippen molar-refractivity contribution in [2.75, 3.05) is 0 Å². The van der Waals surface area contributed by atoms with Gasteiger partial charge in [0.25, 0.3) is 0 Å². The quantitative estimate of drug-likeness (QED) is 0.475. The van der Waals surface area contributed by atoms with E-state index in [2.05, 4.69) is 16.0 Å². The molecule has 0 fully saturated rings. The fourth-order valence-electron chi connectivity index (χ4n) is 0.0500. The van der Waals surface area contributed by atoms with Crippen molar-refractivity contribution in [3.05, 3.63) is 0 Å². The van der Waals surface area contributed by atoms with Crippen LogP contribution in [-0.2, 0) is 0 Å². The van der Waals surface area contributed by atoms with Gasteiger partial charge >= 0.3 is 68.6 Å². The van der Waals surface area contributed by atoms with Crippen LogP contribution in [0.25, 0.3) is 0 Å². The van der Waals surface area contributed by atoms with Crippen molar-refractivity contribution in [2.24, 2.45) is 0 Å². The third-order valence-corrected chi connectivity index (χ3v) is 0.693. The van der Waals surface area contributed by atoms with Crippen LogP contribution >= 0.6 is 0 Å². The summed E-state index contributed by atoms with van der Waals surface area (Å²) in [6.07, 6.45) is 0.667. The van der Waals surface area contributed by atoms with Gasteiger partial charge in [0, 0.05) is 0 Å². The molecule has 1 nitrogen and oxygen atoms in total. The predicted octanol–water partition coefficient (Wildman–Crippen LogP) is -0.429. The van der Waals surface area contributed by atoms with Crippen LogP contribution in [0.1, 0.15) is 6.42 Å². The molecule has 0 aliphatic carbocycles. The molecule has 30 valence electrons. The monoisotopic (exact) mass is 159 g/mol. The van der Waals surface area contributed by atoms with E-state index >= 15 is 0 Å². The number of nitrogens with zero attached hydrogens (tertiary/aromatic N) is 1. The normalized spacial score (nSPS) is 5.33. The van der Waals surface area contributed by atoms with Crippen LogP contribution in [0, 0.1) is 11.3 Å². The molecule has 0 rings (SSSR count). The SMILES string of the molecule is N#CCC[SeH].[NaH]. The summed E-state index contributed by atoms with van der Waals surface area (Å²) < 4.78 is 0. The van der Waals surface area contributed by atoms with Crippen molar-refractivity contribution in [2.45, 2.75) is 11.7 Å². The minimum atomic E-state index is 0. The van der Waals surface area contributed by atoms with Gasteiger partial charge in [-0.15, -0.1) is 0 Å². The first kappa shape index (κ1) is 10.1. The zero-order valence-corrected chi connectivity index (χ0v) is 4.69. The van der Waals surface area contributed by atoms with Gasteiger partial charge in [0.05, 0.1) is 0 Å². The van der Waals surface area contributed by atoms with E-state index in [9.17, 15) is 0 Å². The van der Waals surface area contributed by atoms with Crippen LogP contribution in [-0.4, -0.2) is 45.6 Å². The van der Waals surface area contributed by atoms with Crippen molar-refractivity contribution in [1.29, 1.82) is 5.26 Å². The van der Waals surface area contributed by atoms with Gasteiger partial charge in [0.15, 0.2) is 0 Å². The van der Waals surface area contributed by atoms with Crippen LogP contribution < -0.4 is 0 Å². The zero-order valence-electron chi connectivity index (χ0n) is 2.81. The van der Waals surface area contributed by atoms with Gasteiger partial charge in [-0.25, -0.2) is 0 Å². The Morgan fingerprint density at radius 3 is 2.17 bits per heavy atom. The van der Waals surface area contributed by atoms with E-state index in [1.54, 1.807) is 0 Å². The average Bonchev–Trinajstić information content (AvgIpc) is 1.41. The summed E-state index contributed by atoms with van der Waals surface area (Å²) in [5.41, 5.74) is 0. The molecule has 0 aromatic heterocycles. The summed E-state index contributed by atoms with van der Waals surface area (Å²) in [7, 11) is 0. The van der Waals surface area contributed by atoms with E-state index in [4.69, 9.17) is 5.26 Å². The second-order valence-electron chi connectivity index (χ2n) is 0.632. The fourth-order valence-corrected chi connectivity index (χ4v) is 0.260. The molecule has 0 aromatic carbocycles. The summed E-state index contributed by atoms with van der Waals surface area (Å²) in [5, 5.41) is 8.73. The first-order chi connectivity index (χ1) is 2.41. The Hall–Kier alpha value is 1.01. The molecule has 0 aromatic rings. The number of nitriles is 1. The van der Waals surface area contributed by atoms with Gasteiger partial charge in [0.1, 0.15) is 0 Å². The molecule has 0 bridgehead atoms. The second-order valence-corrected chi connectivity index (χ2v) is 1.57. The molecule has 0 atom stereocenters. The maximum atomic E-state index is 7.81. The molecule has 0 spiro atoms. The third kappa shape index (κ3) is 8.89. The van der Waals surface area contributed by atoms with Crippen molar-refractivity contribution < 1.29 is 0 Å². The summed E-state index contributed by atoms with van der Waals surface area (Å²) in [5.74, 6) is 0. The van der Waals surface area contributed by atoms with Crippen molar-refractivity contribution >= 4 is 45.6 Å². The van der Waals surface area contributed by atoms with Gasteiger partial charge in [0.2, 0.25) is 0 Å². The Bertz CT molecular complexity index is 49.2. The Labute approximate surface area is 68.2 Å². The summed E-state index contributed by atoms with van der Waals surface area (Å²) in [6.45, 7) is 0. The molecule has 0 aliphatic heterocycles. The number of hydrogen-bond donors (Lipinski definition) is 0. The number of hydrogen-bond acceptors (Lipinski definition) is 1. The van der Waals surface area contributed by atoms with E-state index in [0.717, 1.165) is 5.32 Å². The molecule has 6 heavy (non-hydrogen) atoms. The first-order valence-corrected chi connectivity index (χ1v) is 2.72. The van der Waals surface area contributed by atoms with Gasteiger partial charge in [-0.3, -0.25) is 0 Å². The van der Waals surface area contributed by atoms with E-state index in [0.29, 0.717) is 6.42 Å². The summed E-state index contributed by atoms with van der Waals surface area (Å²) in [6, 6.07) is 2.00.